The van der Waals surface area contributed by atoms with Crippen LogP contribution in [0.1, 0.15) is 54.4 Å². The molecule has 2 nitrogen and oxygen atoms in total. The van der Waals surface area contributed by atoms with Crippen molar-refractivity contribution in [3.63, 3.8) is 0 Å². The Morgan fingerprint density at radius 3 is 2.84 bits per heavy atom. The third-order valence-electron chi connectivity index (χ3n) is 3.99. The van der Waals surface area contributed by atoms with Crippen molar-refractivity contribution < 1.29 is 9.18 Å². The molecule has 1 saturated carbocycles. The first-order valence-electron chi connectivity index (χ1n) is 7.22. The zero-order valence-corrected chi connectivity index (χ0v) is 11.5. The van der Waals surface area contributed by atoms with Crippen molar-refractivity contribution in [2.45, 2.75) is 45.4 Å². The summed E-state index contributed by atoms with van der Waals surface area (Å²) < 4.78 is 13.7. The number of carbonyl (C=O) groups excluding carboxylic acids is 1. The number of hydrogen-bond donors (Lipinski definition) is 1. The van der Waals surface area contributed by atoms with Crippen molar-refractivity contribution in [2.75, 3.05) is 6.54 Å². The van der Waals surface area contributed by atoms with Crippen LogP contribution in [0.4, 0.5) is 4.39 Å². The molecule has 19 heavy (non-hydrogen) atoms. The maximum atomic E-state index is 13.7. The summed E-state index contributed by atoms with van der Waals surface area (Å²) in [6, 6.07) is 4.92. The summed E-state index contributed by atoms with van der Waals surface area (Å²) >= 11 is 0. The normalized spacial score (nSPS) is 15.7. The molecule has 104 valence electrons. The quantitative estimate of drug-likeness (QED) is 0.804. The average Bonchev–Trinajstić information content (AvgIpc) is 2.91. The Morgan fingerprint density at radius 2 is 2.11 bits per heavy atom. The first kappa shape index (κ1) is 14.0. The number of rotatable bonds is 5. The average molecular weight is 263 g/mol. The molecular formula is C16H22FNO. The van der Waals surface area contributed by atoms with Crippen molar-refractivity contribution in [3.05, 3.63) is 35.1 Å². The lowest BCUT2D eigenvalue weighted by Crippen LogP contribution is -2.25. The van der Waals surface area contributed by atoms with E-state index in [0.29, 0.717) is 12.1 Å². The number of halogens is 1. The molecular weight excluding hydrogens is 241 g/mol. The van der Waals surface area contributed by atoms with Crippen LogP contribution in [0.15, 0.2) is 18.2 Å². The molecule has 1 N–H and O–H groups in total. The van der Waals surface area contributed by atoms with Gasteiger partial charge >= 0.3 is 0 Å². The summed E-state index contributed by atoms with van der Waals surface area (Å²) in [7, 11) is 0. The molecule has 1 aromatic rings. The third-order valence-corrected chi connectivity index (χ3v) is 3.99. The predicted molar refractivity (Wildman–Crippen MR) is 74.7 cm³/mol. The largest absolute Gasteiger partial charge is 0.352 e. The van der Waals surface area contributed by atoms with Crippen molar-refractivity contribution in [1.82, 2.24) is 5.32 Å². The van der Waals surface area contributed by atoms with Crippen LogP contribution in [0.2, 0.25) is 0 Å². The molecule has 1 amide bonds. The summed E-state index contributed by atoms with van der Waals surface area (Å²) in [5.41, 5.74) is 0.666. The van der Waals surface area contributed by atoms with Gasteiger partial charge in [0, 0.05) is 6.54 Å². The lowest BCUT2D eigenvalue weighted by atomic mass is 10.0. The van der Waals surface area contributed by atoms with Crippen molar-refractivity contribution >= 4 is 5.91 Å². The second-order valence-corrected chi connectivity index (χ2v) is 5.49. The molecule has 1 aliphatic rings. The molecule has 0 bridgehead atoms. The highest BCUT2D eigenvalue weighted by Crippen LogP contribution is 2.28. The van der Waals surface area contributed by atoms with Gasteiger partial charge in [0.2, 0.25) is 0 Å². The molecule has 0 unspecified atom stereocenters. The van der Waals surface area contributed by atoms with E-state index >= 15 is 0 Å². The summed E-state index contributed by atoms with van der Waals surface area (Å²) in [6.07, 6.45) is 7.54. The molecule has 0 heterocycles. The molecule has 0 atom stereocenters. The number of nitrogens with one attached hydrogen (secondary N) is 1. The topological polar surface area (TPSA) is 29.1 Å². The van der Waals surface area contributed by atoms with Crippen LogP contribution in [0.3, 0.4) is 0 Å². The zero-order valence-electron chi connectivity index (χ0n) is 11.5. The molecule has 0 aliphatic heterocycles. The second kappa shape index (κ2) is 6.69. The lowest BCUT2D eigenvalue weighted by Gasteiger charge is -2.10. The van der Waals surface area contributed by atoms with Gasteiger partial charge in [-0.15, -0.1) is 0 Å². The van der Waals surface area contributed by atoms with Crippen LogP contribution < -0.4 is 5.32 Å². The Bertz CT molecular complexity index is 438. The summed E-state index contributed by atoms with van der Waals surface area (Å²) in [6.45, 7) is 2.31. The molecule has 0 spiro atoms. The van der Waals surface area contributed by atoms with Crippen LogP contribution in [0, 0.1) is 18.7 Å². The van der Waals surface area contributed by atoms with E-state index in [2.05, 4.69) is 5.32 Å². The maximum Gasteiger partial charge on any atom is 0.254 e. The fraction of sp³-hybridized carbons (Fsp3) is 0.562. The van der Waals surface area contributed by atoms with Crippen LogP contribution in [0.25, 0.3) is 0 Å². The van der Waals surface area contributed by atoms with Gasteiger partial charge in [-0.25, -0.2) is 4.39 Å². The summed E-state index contributed by atoms with van der Waals surface area (Å²) in [4.78, 5) is 11.9. The van der Waals surface area contributed by atoms with Gasteiger partial charge in [0.15, 0.2) is 0 Å². The van der Waals surface area contributed by atoms with Gasteiger partial charge in [-0.05, 0) is 37.3 Å². The number of benzene rings is 1. The minimum absolute atomic E-state index is 0.154. The molecule has 1 fully saturated rings. The Morgan fingerprint density at radius 1 is 1.37 bits per heavy atom. The molecule has 2 rings (SSSR count). The smallest absolute Gasteiger partial charge is 0.254 e. The number of carbonyl (C=O) groups is 1. The highest BCUT2D eigenvalue weighted by atomic mass is 19.1. The minimum Gasteiger partial charge on any atom is -0.352 e. The van der Waals surface area contributed by atoms with E-state index < -0.39 is 5.82 Å². The predicted octanol–water partition coefficient (Wildman–Crippen LogP) is 3.83. The van der Waals surface area contributed by atoms with Crippen LogP contribution in [-0.2, 0) is 0 Å². The van der Waals surface area contributed by atoms with Gasteiger partial charge in [-0.1, -0.05) is 37.8 Å². The van der Waals surface area contributed by atoms with E-state index in [9.17, 15) is 9.18 Å². The first-order chi connectivity index (χ1) is 9.18. The molecule has 0 aromatic heterocycles. The molecule has 3 heteroatoms. The van der Waals surface area contributed by atoms with E-state index in [4.69, 9.17) is 0 Å². The van der Waals surface area contributed by atoms with E-state index in [0.717, 1.165) is 12.3 Å². The number of aryl methyl sites for hydroxylation is 1. The Balaban J connectivity index is 1.76. The van der Waals surface area contributed by atoms with Crippen molar-refractivity contribution in [3.8, 4) is 0 Å². The standard InChI is InChI=1S/C16H22FNO/c1-12-6-4-10-14(15(12)17)16(19)18-11-5-9-13-7-2-3-8-13/h4,6,10,13H,2-3,5,7-9,11H2,1H3,(H,18,19). The highest BCUT2D eigenvalue weighted by Gasteiger charge is 2.15. The second-order valence-electron chi connectivity index (χ2n) is 5.49. The molecule has 0 radical (unpaired) electrons. The molecule has 0 saturated heterocycles. The Labute approximate surface area is 114 Å². The van der Waals surface area contributed by atoms with Gasteiger partial charge in [-0.2, -0.15) is 0 Å². The van der Waals surface area contributed by atoms with Gasteiger partial charge in [-0.3, -0.25) is 4.79 Å². The van der Waals surface area contributed by atoms with Crippen LogP contribution >= 0.6 is 0 Å². The maximum absolute atomic E-state index is 13.7. The third kappa shape index (κ3) is 3.79. The Kier molecular flexibility index (Phi) is 4.94. The first-order valence-corrected chi connectivity index (χ1v) is 7.22. The fourth-order valence-corrected chi connectivity index (χ4v) is 2.81. The Hall–Kier alpha value is -1.38. The monoisotopic (exact) mass is 263 g/mol. The summed E-state index contributed by atoms with van der Waals surface area (Å²) in [5.74, 6) is 0.135. The van der Waals surface area contributed by atoms with Gasteiger partial charge < -0.3 is 5.32 Å². The van der Waals surface area contributed by atoms with Gasteiger partial charge in [0.25, 0.3) is 5.91 Å². The SMILES string of the molecule is Cc1cccc(C(=O)NCCCC2CCCC2)c1F. The van der Waals surface area contributed by atoms with Gasteiger partial charge in [0.05, 0.1) is 5.56 Å². The van der Waals surface area contributed by atoms with E-state index in [-0.39, 0.29) is 11.5 Å². The zero-order chi connectivity index (χ0) is 13.7. The van der Waals surface area contributed by atoms with E-state index in [1.807, 2.05) is 0 Å². The minimum atomic E-state index is -0.407. The van der Waals surface area contributed by atoms with Gasteiger partial charge in [0.1, 0.15) is 5.82 Å². The van der Waals surface area contributed by atoms with Crippen molar-refractivity contribution in [1.29, 1.82) is 0 Å². The van der Waals surface area contributed by atoms with Crippen LogP contribution in [-0.4, -0.2) is 12.5 Å². The number of amides is 1. The molecule has 1 aromatic carbocycles. The van der Waals surface area contributed by atoms with E-state index in [1.54, 1.807) is 19.1 Å². The number of hydrogen-bond acceptors (Lipinski definition) is 1. The van der Waals surface area contributed by atoms with E-state index in [1.165, 1.54) is 38.2 Å². The van der Waals surface area contributed by atoms with Crippen LogP contribution in [0.5, 0.6) is 0 Å². The lowest BCUT2D eigenvalue weighted by molar-refractivity contribution is 0.0948. The fourth-order valence-electron chi connectivity index (χ4n) is 2.81. The highest BCUT2D eigenvalue weighted by molar-refractivity contribution is 5.94. The molecule has 1 aliphatic carbocycles. The van der Waals surface area contributed by atoms with Crippen molar-refractivity contribution in [2.24, 2.45) is 5.92 Å². The summed E-state index contributed by atoms with van der Waals surface area (Å²) in [5, 5.41) is 2.81.